The highest BCUT2D eigenvalue weighted by molar-refractivity contribution is 5.98. The number of rotatable bonds is 7. The monoisotopic (exact) mass is 368 g/mol. The number of carbonyl (C=O) groups is 2. The Labute approximate surface area is 159 Å². The average Bonchev–Trinajstić information content (AvgIpc) is 3.04. The van der Waals surface area contributed by atoms with Crippen LogP contribution < -0.4 is 14.8 Å². The Bertz CT molecular complexity index is 821. The number of hydrogen-bond acceptors (Lipinski definition) is 4. The topological polar surface area (TPSA) is 67.9 Å². The van der Waals surface area contributed by atoms with Crippen molar-refractivity contribution in [3.05, 3.63) is 54.1 Å². The molecule has 1 aliphatic heterocycles. The van der Waals surface area contributed by atoms with Crippen LogP contribution in [-0.4, -0.2) is 37.0 Å². The molecule has 0 aromatic heterocycles. The largest absolute Gasteiger partial charge is 0.496 e. The third kappa shape index (κ3) is 4.39. The molecule has 3 rings (SSSR count). The predicted molar refractivity (Wildman–Crippen MR) is 103 cm³/mol. The zero-order valence-corrected chi connectivity index (χ0v) is 15.6. The molecular weight excluding hydrogens is 344 g/mol. The van der Waals surface area contributed by atoms with Gasteiger partial charge in [-0.1, -0.05) is 30.3 Å². The van der Waals surface area contributed by atoms with E-state index in [9.17, 15) is 9.59 Å². The zero-order valence-electron chi connectivity index (χ0n) is 15.6. The van der Waals surface area contributed by atoms with Gasteiger partial charge in [-0.05, 0) is 25.1 Å². The van der Waals surface area contributed by atoms with Crippen LogP contribution >= 0.6 is 0 Å². The second kappa shape index (κ2) is 8.58. The molecule has 1 aliphatic rings. The number of benzene rings is 2. The molecule has 0 aliphatic carbocycles. The fraction of sp³-hybridized carbons (Fsp3) is 0.333. The van der Waals surface area contributed by atoms with E-state index in [-0.39, 0.29) is 24.2 Å². The fourth-order valence-corrected chi connectivity index (χ4v) is 3.23. The molecule has 0 saturated carbocycles. The quantitative estimate of drug-likeness (QED) is 0.816. The molecule has 1 unspecified atom stereocenters. The molecule has 6 nitrogen and oxygen atoms in total. The molecular formula is C21H24N2O4. The number of nitrogens with zero attached hydrogens (tertiary/aromatic N) is 1. The number of methoxy groups -OCH3 is 1. The van der Waals surface area contributed by atoms with Gasteiger partial charge < -0.3 is 19.7 Å². The van der Waals surface area contributed by atoms with E-state index in [0.717, 1.165) is 11.3 Å². The minimum atomic E-state index is -0.387. The molecule has 27 heavy (non-hydrogen) atoms. The van der Waals surface area contributed by atoms with Crippen molar-refractivity contribution in [1.82, 2.24) is 4.90 Å². The number of anilines is 1. The van der Waals surface area contributed by atoms with Gasteiger partial charge in [-0.25, -0.2) is 0 Å². The van der Waals surface area contributed by atoms with Crippen molar-refractivity contribution in [3.63, 3.8) is 0 Å². The molecule has 2 aromatic carbocycles. The lowest BCUT2D eigenvalue weighted by molar-refractivity contribution is -0.128. The van der Waals surface area contributed by atoms with Crippen molar-refractivity contribution >= 4 is 17.5 Å². The number of hydrogen-bond donors (Lipinski definition) is 1. The first-order chi connectivity index (χ1) is 13.1. The number of amides is 2. The van der Waals surface area contributed by atoms with Crippen molar-refractivity contribution in [2.75, 3.05) is 25.6 Å². The van der Waals surface area contributed by atoms with Gasteiger partial charge in [0.1, 0.15) is 11.5 Å². The van der Waals surface area contributed by atoms with E-state index >= 15 is 0 Å². The Morgan fingerprint density at radius 2 is 1.85 bits per heavy atom. The van der Waals surface area contributed by atoms with E-state index in [0.29, 0.717) is 31.1 Å². The lowest BCUT2D eigenvalue weighted by atomic mass is 10.1. The van der Waals surface area contributed by atoms with Gasteiger partial charge in [-0.3, -0.25) is 9.59 Å². The maximum Gasteiger partial charge on any atom is 0.229 e. The van der Waals surface area contributed by atoms with Gasteiger partial charge in [0.25, 0.3) is 0 Å². The first-order valence-corrected chi connectivity index (χ1v) is 9.04. The van der Waals surface area contributed by atoms with Gasteiger partial charge >= 0.3 is 0 Å². The second-order valence-corrected chi connectivity index (χ2v) is 6.41. The summed E-state index contributed by atoms with van der Waals surface area (Å²) in [5, 5.41) is 2.90. The van der Waals surface area contributed by atoms with Crippen molar-refractivity contribution in [2.45, 2.75) is 19.9 Å². The smallest absolute Gasteiger partial charge is 0.229 e. The third-order valence-electron chi connectivity index (χ3n) is 4.58. The molecule has 0 radical (unpaired) electrons. The van der Waals surface area contributed by atoms with Crippen LogP contribution in [0, 0.1) is 5.92 Å². The summed E-state index contributed by atoms with van der Waals surface area (Å²) in [5.41, 5.74) is 1.55. The summed E-state index contributed by atoms with van der Waals surface area (Å²) >= 11 is 0. The molecule has 1 N–H and O–H groups in total. The van der Waals surface area contributed by atoms with E-state index in [4.69, 9.17) is 9.47 Å². The Kier molecular flexibility index (Phi) is 5.96. The van der Waals surface area contributed by atoms with E-state index in [1.54, 1.807) is 18.1 Å². The van der Waals surface area contributed by atoms with Gasteiger partial charge in [-0.2, -0.15) is 0 Å². The minimum Gasteiger partial charge on any atom is -0.496 e. The van der Waals surface area contributed by atoms with Crippen LogP contribution in [0.25, 0.3) is 0 Å². The average molecular weight is 368 g/mol. The molecule has 2 aromatic rings. The van der Waals surface area contributed by atoms with Crippen molar-refractivity contribution < 1.29 is 19.1 Å². The molecule has 1 heterocycles. The van der Waals surface area contributed by atoms with Gasteiger partial charge in [0, 0.05) is 25.1 Å². The predicted octanol–water partition coefficient (Wildman–Crippen LogP) is 3.08. The van der Waals surface area contributed by atoms with Crippen LogP contribution in [0.3, 0.4) is 0 Å². The van der Waals surface area contributed by atoms with Gasteiger partial charge in [0.15, 0.2) is 0 Å². The van der Waals surface area contributed by atoms with E-state index in [2.05, 4.69) is 5.32 Å². The van der Waals surface area contributed by atoms with E-state index < -0.39 is 0 Å². The van der Waals surface area contributed by atoms with Crippen LogP contribution in [0.2, 0.25) is 0 Å². The van der Waals surface area contributed by atoms with Crippen LogP contribution in [0.15, 0.2) is 48.5 Å². The molecule has 0 bridgehead atoms. The van der Waals surface area contributed by atoms with Crippen LogP contribution in [0.1, 0.15) is 18.9 Å². The zero-order chi connectivity index (χ0) is 19.2. The maximum absolute atomic E-state index is 12.7. The van der Waals surface area contributed by atoms with Crippen molar-refractivity contribution in [3.8, 4) is 11.5 Å². The first kappa shape index (κ1) is 18.8. The summed E-state index contributed by atoms with van der Waals surface area (Å²) in [4.78, 5) is 26.8. The highest BCUT2D eigenvalue weighted by Gasteiger charge is 2.34. The number of para-hydroxylation sites is 3. The molecule has 1 fully saturated rings. The first-order valence-electron chi connectivity index (χ1n) is 9.04. The van der Waals surface area contributed by atoms with Crippen LogP contribution in [-0.2, 0) is 16.1 Å². The highest BCUT2D eigenvalue weighted by Crippen LogP contribution is 2.28. The Morgan fingerprint density at radius 3 is 2.59 bits per heavy atom. The number of ether oxygens (including phenoxy) is 2. The number of likely N-dealkylation sites (tertiary alicyclic amines) is 1. The Hall–Kier alpha value is -3.02. The van der Waals surface area contributed by atoms with E-state index in [1.807, 2.05) is 49.4 Å². The molecule has 1 atom stereocenters. The van der Waals surface area contributed by atoms with Gasteiger partial charge in [-0.15, -0.1) is 0 Å². The molecule has 0 spiro atoms. The standard InChI is InChI=1S/C21H24N2O4/c1-3-27-19-11-7-5-9-17(19)22-21(25)16-12-20(24)23(14-16)13-15-8-4-6-10-18(15)26-2/h4-11,16H,3,12-14H2,1-2H3,(H,22,25). The van der Waals surface area contributed by atoms with Gasteiger partial charge in [0.2, 0.25) is 11.8 Å². The summed E-state index contributed by atoms with van der Waals surface area (Å²) in [6.07, 6.45) is 0.206. The SMILES string of the molecule is CCOc1ccccc1NC(=O)C1CC(=O)N(Cc2ccccc2OC)C1. The van der Waals surface area contributed by atoms with Crippen LogP contribution in [0.5, 0.6) is 11.5 Å². The van der Waals surface area contributed by atoms with Crippen LogP contribution in [0.4, 0.5) is 5.69 Å². The summed E-state index contributed by atoms with van der Waals surface area (Å²) in [5.74, 6) is 0.784. The third-order valence-corrected chi connectivity index (χ3v) is 4.58. The lowest BCUT2D eigenvalue weighted by Crippen LogP contribution is -2.28. The Balaban J connectivity index is 1.66. The summed E-state index contributed by atoms with van der Waals surface area (Å²) < 4.78 is 10.9. The molecule has 6 heteroatoms. The highest BCUT2D eigenvalue weighted by atomic mass is 16.5. The van der Waals surface area contributed by atoms with E-state index in [1.165, 1.54) is 0 Å². The maximum atomic E-state index is 12.7. The van der Waals surface area contributed by atoms with Crippen molar-refractivity contribution in [2.24, 2.45) is 5.92 Å². The minimum absolute atomic E-state index is 0.0286. The summed E-state index contributed by atoms with van der Waals surface area (Å²) in [6, 6.07) is 14.9. The fourth-order valence-electron chi connectivity index (χ4n) is 3.23. The molecule has 1 saturated heterocycles. The Morgan fingerprint density at radius 1 is 1.15 bits per heavy atom. The summed E-state index contributed by atoms with van der Waals surface area (Å²) in [6.45, 7) is 3.23. The van der Waals surface area contributed by atoms with Crippen molar-refractivity contribution in [1.29, 1.82) is 0 Å². The second-order valence-electron chi connectivity index (χ2n) is 6.41. The normalized spacial score (nSPS) is 16.3. The number of nitrogens with one attached hydrogen (secondary N) is 1. The lowest BCUT2D eigenvalue weighted by Gasteiger charge is -2.18. The molecule has 2 amide bonds. The molecule has 142 valence electrons. The summed E-state index contributed by atoms with van der Waals surface area (Å²) in [7, 11) is 1.61. The number of carbonyl (C=O) groups excluding carboxylic acids is 2. The van der Waals surface area contributed by atoms with Gasteiger partial charge in [0.05, 0.1) is 25.3 Å².